The number of rotatable bonds is 9. The van der Waals surface area contributed by atoms with Crippen LogP contribution in [0, 0.1) is 0 Å². The summed E-state index contributed by atoms with van der Waals surface area (Å²) in [4.78, 5) is 0. The van der Waals surface area contributed by atoms with E-state index in [9.17, 15) is 0 Å². The van der Waals surface area contributed by atoms with Crippen LogP contribution in [0.1, 0.15) is 22.3 Å². The number of hydrogen-bond acceptors (Lipinski definition) is 4. The molecule has 0 bridgehead atoms. The monoisotopic (exact) mass is 710 g/mol. The summed E-state index contributed by atoms with van der Waals surface area (Å²) in [6.45, 7) is 0. The van der Waals surface area contributed by atoms with Crippen molar-refractivity contribution in [3.8, 4) is 44.5 Å². The molecule has 0 aromatic heterocycles. The van der Waals surface area contributed by atoms with E-state index < -0.39 is 0 Å². The number of nitrogens with one attached hydrogen (secondary N) is 1. The lowest BCUT2D eigenvalue weighted by molar-refractivity contribution is 1.48. The van der Waals surface area contributed by atoms with Crippen LogP contribution in [0.4, 0.5) is 22.7 Å². The lowest BCUT2D eigenvalue weighted by Gasteiger charge is -2.20. The largest absolute Gasteiger partial charge is 0.399 e. The molecule has 0 aliphatic heterocycles. The molecule has 0 saturated carbocycles. The summed E-state index contributed by atoms with van der Waals surface area (Å²) in [6.07, 6.45) is 0. The van der Waals surface area contributed by atoms with Crippen molar-refractivity contribution < 1.29 is 0 Å². The van der Waals surface area contributed by atoms with Gasteiger partial charge in [-0.2, -0.15) is 0 Å². The van der Waals surface area contributed by atoms with Crippen LogP contribution in [0.2, 0.25) is 0 Å². The normalized spacial score (nSPS) is 10.9. The van der Waals surface area contributed by atoms with E-state index >= 15 is 0 Å². The van der Waals surface area contributed by atoms with Crippen molar-refractivity contribution in [2.45, 2.75) is 0 Å². The maximum absolute atomic E-state index is 6.02. The van der Waals surface area contributed by atoms with Crippen LogP contribution in [0.3, 0.4) is 0 Å². The molecule has 0 atom stereocenters. The van der Waals surface area contributed by atoms with Crippen LogP contribution in [0.25, 0.3) is 55.7 Å². The Bertz CT molecular complexity index is 2460. The van der Waals surface area contributed by atoms with Crippen molar-refractivity contribution in [3.63, 3.8) is 0 Å². The molecule has 7 N–H and O–H groups in total. The summed E-state index contributed by atoms with van der Waals surface area (Å²) >= 11 is 0. The van der Waals surface area contributed by atoms with Crippen LogP contribution in [-0.2, 0) is 0 Å². The molecule has 0 heterocycles. The fourth-order valence-corrected chi connectivity index (χ4v) is 7.08. The maximum Gasteiger partial charge on any atom is 0.0337 e. The first-order valence-electron chi connectivity index (χ1n) is 18.4. The smallest absolute Gasteiger partial charge is 0.0337 e. The van der Waals surface area contributed by atoms with Gasteiger partial charge in [-0.25, -0.2) is 0 Å². The van der Waals surface area contributed by atoms with Crippen molar-refractivity contribution in [1.82, 2.24) is 0 Å². The summed E-state index contributed by atoms with van der Waals surface area (Å²) in [5, 5.41) is 3.22. The first-order chi connectivity index (χ1) is 26.9. The van der Waals surface area contributed by atoms with Crippen LogP contribution in [0.5, 0.6) is 0 Å². The molecule has 0 unspecified atom stereocenters. The van der Waals surface area contributed by atoms with Gasteiger partial charge >= 0.3 is 0 Å². The van der Waals surface area contributed by atoms with E-state index in [4.69, 9.17) is 17.2 Å². The molecule has 0 spiro atoms. The van der Waals surface area contributed by atoms with Gasteiger partial charge in [0, 0.05) is 29.8 Å². The first-order valence-corrected chi connectivity index (χ1v) is 18.4. The van der Waals surface area contributed by atoms with E-state index in [2.05, 4.69) is 163 Å². The summed E-state index contributed by atoms with van der Waals surface area (Å²) in [5.74, 6) is 0. The molecule has 266 valence electrons. The second kappa shape index (κ2) is 15.4. The Labute approximate surface area is 323 Å². The molecule has 0 aliphatic rings. The number of anilines is 4. The van der Waals surface area contributed by atoms with Gasteiger partial charge in [-0.15, -0.1) is 0 Å². The van der Waals surface area contributed by atoms with Gasteiger partial charge in [-0.1, -0.05) is 146 Å². The quantitative estimate of drug-likeness (QED) is 0.0887. The number of nitrogen functional groups attached to an aromatic ring is 3. The highest BCUT2D eigenvalue weighted by molar-refractivity contribution is 6.05. The van der Waals surface area contributed by atoms with E-state index in [1.165, 1.54) is 5.56 Å². The summed E-state index contributed by atoms with van der Waals surface area (Å²) in [6, 6.07) is 68.1. The third kappa shape index (κ3) is 7.61. The van der Waals surface area contributed by atoms with Crippen LogP contribution in [-0.4, -0.2) is 7.05 Å². The topological polar surface area (TPSA) is 90.1 Å². The average Bonchev–Trinajstić information content (AvgIpc) is 3.24. The molecule has 0 radical (unpaired) electrons. The molecule has 8 aromatic rings. The minimum atomic E-state index is 0.751. The van der Waals surface area contributed by atoms with E-state index in [1.54, 1.807) is 0 Å². The van der Waals surface area contributed by atoms with Crippen molar-refractivity contribution in [3.05, 3.63) is 216 Å². The van der Waals surface area contributed by atoms with E-state index in [0.29, 0.717) is 0 Å². The molecule has 8 rings (SSSR count). The van der Waals surface area contributed by atoms with Gasteiger partial charge in [0.2, 0.25) is 0 Å². The standard InChI is InChI=1S/C51H42N4/c1-55-49-32-24-41(25-33-49)37-8-16-45(17-9-37)51(44-14-6-36(7-15-44)40-22-30-48(54)31-23-40)50(42-10-2-34(3-11-42)38-18-26-46(52)27-19-38)43-12-4-35(5-13-43)39-20-28-47(53)29-21-39/h2-33,55H,52-54H2,1H3. The average molecular weight is 711 g/mol. The van der Waals surface area contributed by atoms with Crippen molar-refractivity contribution in [1.29, 1.82) is 0 Å². The van der Waals surface area contributed by atoms with Gasteiger partial charge in [0.25, 0.3) is 0 Å². The lowest BCUT2D eigenvalue weighted by atomic mass is 9.84. The molecule has 0 aliphatic carbocycles. The fourth-order valence-electron chi connectivity index (χ4n) is 7.08. The Morgan fingerprint density at radius 2 is 0.455 bits per heavy atom. The predicted octanol–water partition coefficient (Wildman–Crippen LogP) is 12.2. The molecule has 0 amide bonds. The zero-order valence-corrected chi connectivity index (χ0v) is 30.7. The van der Waals surface area contributed by atoms with E-state index in [-0.39, 0.29) is 0 Å². The van der Waals surface area contributed by atoms with Crippen LogP contribution < -0.4 is 22.5 Å². The predicted molar refractivity (Wildman–Crippen MR) is 235 cm³/mol. The van der Waals surface area contributed by atoms with Crippen LogP contribution >= 0.6 is 0 Å². The SMILES string of the molecule is CNc1ccc(-c2ccc(C(=C(c3ccc(-c4ccc(N)cc4)cc3)c3ccc(-c4ccc(N)cc4)cc3)c3ccc(-c4ccc(N)cc4)cc3)cc2)cc1. The highest BCUT2D eigenvalue weighted by Gasteiger charge is 2.18. The van der Waals surface area contributed by atoms with Gasteiger partial charge < -0.3 is 22.5 Å². The number of nitrogens with two attached hydrogens (primary N) is 3. The molecule has 4 heteroatoms. The fraction of sp³-hybridized carbons (Fsp3) is 0.0196. The van der Waals surface area contributed by atoms with Gasteiger partial charge in [-0.3, -0.25) is 0 Å². The Balaban J connectivity index is 1.31. The molecule has 8 aromatic carbocycles. The summed E-state index contributed by atoms with van der Waals surface area (Å²) in [7, 11) is 1.94. The Morgan fingerprint density at radius 1 is 0.273 bits per heavy atom. The Hall–Kier alpha value is -7.30. The van der Waals surface area contributed by atoms with Gasteiger partial charge in [0.1, 0.15) is 0 Å². The number of benzene rings is 8. The minimum absolute atomic E-state index is 0.751. The van der Waals surface area contributed by atoms with Crippen molar-refractivity contribution >= 4 is 33.9 Å². The Morgan fingerprint density at radius 3 is 0.655 bits per heavy atom. The molecule has 55 heavy (non-hydrogen) atoms. The van der Waals surface area contributed by atoms with Gasteiger partial charge in [-0.05, 0) is 126 Å². The molecule has 0 saturated heterocycles. The summed E-state index contributed by atoms with van der Waals surface area (Å²) < 4.78 is 0. The lowest BCUT2D eigenvalue weighted by Crippen LogP contribution is -1.98. The second-order valence-electron chi connectivity index (χ2n) is 13.8. The Kier molecular flexibility index (Phi) is 9.71. The second-order valence-corrected chi connectivity index (χ2v) is 13.8. The zero-order valence-electron chi connectivity index (χ0n) is 30.7. The van der Waals surface area contributed by atoms with E-state index in [0.717, 1.165) is 95.1 Å². The third-order valence-electron chi connectivity index (χ3n) is 10.2. The van der Waals surface area contributed by atoms with Gasteiger partial charge in [0.15, 0.2) is 0 Å². The first kappa shape index (κ1) is 34.8. The zero-order chi connectivity index (χ0) is 37.7. The maximum atomic E-state index is 6.02. The highest BCUT2D eigenvalue weighted by Crippen LogP contribution is 2.40. The summed E-state index contributed by atoms with van der Waals surface area (Å²) in [5.41, 5.74) is 37.2. The van der Waals surface area contributed by atoms with Crippen LogP contribution in [0.15, 0.2) is 194 Å². The highest BCUT2D eigenvalue weighted by atomic mass is 14.8. The third-order valence-corrected chi connectivity index (χ3v) is 10.2. The van der Waals surface area contributed by atoms with Gasteiger partial charge in [0.05, 0.1) is 0 Å². The van der Waals surface area contributed by atoms with Crippen molar-refractivity contribution in [2.75, 3.05) is 29.6 Å². The molecular formula is C51H42N4. The molecule has 4 nitrogen and oxygen atoms in total. The number of hydrogen-bond donors (Lipinski definition) is 4. The van der Waals surface area contributed by atoms with E-state index in [1.807, 2.05) is 43.4 Å². The molecular weight excluding hydrogens is 669 g/mol. The van der Waals surface area contributed by atoms with Crippen molar-refractivity contribution in [2.24, 2.45) is 0 Å². The minimum Gasteiger partial charge on any atom is -0.399 e. The molecule has 0 fully saturated rings.